The van der Waals surface area contributed by atoms with Crippen LogP contribution in [0.5, 0.6) is 11.5 Å². The van der Waals surface area contributed by atoms with Gasteiger partial charge in [-0.3, -0.25) is 14.4 Å². The zero-order valence-electron chi connectivity index (χ0n) is 29.0. The Morgan fingerprint density at radius 2 is 1.58 bits per heavy atom. The molecule has 3 atom stereocenters. The van der Waals surface area contributed by atoms with Crippen molar-refractivity contribution in [2.24, 2.45) is 11.3 Å². The Labute approximate surface area is 293 Å². The van der Waals surface area contributed by atoms with Crippen LogP contribution in [0.25, 0.3) is 0 Å². The molecule has 4 rings (SSSR count). The summed E-state index contributed by atoms with van der Waals surface area (Å²) in [6.07, 6.45) is -1.17. The molecule has 0 fully saturated rings. The highest BCUT2D eigenvalue weighted by atomic mass is 32.2. The Morgan fingerprint density at radius 3 is 2.22 bits per heavy atom. The number of carbonyl (C=O) groups is 3. The number of anilines is 1. The molecule has 3 aromatic carbocycles. The van der Waals surface area contributed by atoms with Gasteiger partial charge >= 0.3 is 0 Å². The summed E-state index contributed by atoms with van der Waals surface area (Å²) in [6.45, 7) is 8.43. The number of sulfonamides is 1. The highest BCUT2D eigenvalue weighted by molar-refractivity contribution is 7.89. The van der Waals surface area contributed by atoms with Gasteiger partial charge in [-0.25, -0.2) is 8.42 Å². The van der Waals surface area contributed by atoms with Crippen molar-refractivity contribution in [3.8, 4) is 11.5 Å². The number of aliphatic hydroxyl groups excluding tert-OH is 1. The average molecular weight is 710 g/mol. The van der Waals surface area contributed by atoms with Gasteiger partial charge in [0.25, 0.3) is 5.91 Å². The zero-order chi connectivity index (χ0) is 36.6. The smallest absolute Gasteiger partial charge is 0.251 e. The lowest BCUT2D eigenvalue weighted by Crippen LogP contribution is -2.59. The normalized spacial score (nSPS) is 14.6. The van der Waals surface area contributed by atoms with Gasteiger partial charge < -0.3 is 36.3 Å². The van der Waals surface area contributed by atoms with Crippen LogP contribution in [0.1, 0.15) is 50.5 Å². The maximum atomic E-state index is 13.9. The number of nitrogens with one attached hydrogen (secondary N) is 3. The summed E-state index contributed by atoms with van der Waals surface area (Å²) in [5, 5.41) is 19.9. The number of ether oxygens (including phenoxy) is 2. The molecule has 3 aromatic rings. The van der Waals surface area contributed by atoms with Crippen molar-refractivity contribution < 1.29 is 37.4 Å². The molecule has 0 aliphatic carbocycles. The van der Waals surface area contributed by atoms with Gasteiger partial charge in [-0.15, -0.1) is 0 Å². The maximum Gasteiger partial charge on any atom is 0.251 e. The van der Waals surface area contributed by atoms with E-state index >= 15 is 0 Å². The Morgan fingerprint density at radius 1 is 0.920 bits per heavy atom. The van der Waals surface area contributed by atoms with Crippen LogP contribution in [-0.4, -0.2) is 80.2 Å². The van der Waals surface area contributed by atoms with Crippen molar-refractivity contribution in [1.82, 2.24) is 20.3 Å². The lowest BCUT2D eigenvalue weighted by molar-refractivity contribution is -0.132. The van der Waals surface area contributed by atoms with Crippen LogP contribution in [0.3, 0.4) is 0 Å². The van der Waals surface area contributed by atoms with E-state index in [0.717, 1.165) is 5.56 Å². The fourth-order valence-electron chi connectivity index (χ4n) is 5.40. The summed E-state index contributed by atoms with van der Waals surface area (Å²) in [7, 11) is -4.11. The lowest BCUT2D eigenvalue weighted by atomic mass is 9.85. The van der Waals surface area contributed by atoms with Crippen LogP contribution in [0.4, 0.5) is 5.69 Å². The van der Waals surface area contributed by atoms with E-state index in [1.54, 1.807) is 32.9 Å². The van der Waals surface area contributed by atoms with Gasteiger partial charge in [-0.2, -0.15) is 4.31 Å². The van der Waals surface area contributed by atoms with E-state index in [9.17, 15) is 27.9 Å². The van der Waals surface area contributed by atoms with Crippen LogP contribution in [0.2, 0.25) is 0 Å². The largest absolute Gasteiger partial charge is 0.454 e. The third-order valence-corrected chi connectivity index (χ3v) is 9.88. The van der Waals surface area contributed by atoms with E-state index in [1.165, 1.54) is 34.6 Å². The number of hydrogen-bond acceptors (Lipinski definition) is 9. The molecule has 0 spiro atoms. The van der Waals surface area contributed by atoms with Crippen LogP contribution in [-0.2, 0) is 26.0 Å². The van der Waals surface area contributed by atoms with Gasteiger partial charge in [0.15, 0.2) is 11.5 Å². The number of hydrogen-bond donors (Lipinski definition) is 5. The minimum Gasteiger partial charge on any atom is -0.454 e. The number of aliphatic hydroxyl groups is 1. The standard InChI is InChI=1S/C36H47N5O8S/c1-23(2)20-41(50(46,47)27-15-16-30-31(18-27)49-22-48-30)21-29(42)28(17-24-9-7-6-8-10-24)39-35(45)33(36(3,4)5)40-32(43)19-38-34(44)25-11-13-26(37)14-12-25/h6-16,18,23,28-29,33,42H,17,19-22,37H2,1-5H3,(H,38,44)(H,39,45)(H,40,43). The second-order valence-electron chi connectivity index (χ2n) is 13.8. The van der Waals surface area contributed by atoms with Crippen molar-refractivity contribution in [2.75, 3.05) is 32.2 Å². The molecule has 14 heteroatoms. The summed E-state index contributed by atoms with van der Waals surface area (Å²) in [6, 6.07) is 17.7. The van der Waals surface area contributed by atoms with Crippen molar-refractivity contribution >= 4 is 33.4 Å². The number of benzene rings is 3. The van der Waals surface area contributed by atoms with E-state index < -0.39 is 51.3 Å². The maximum absolute atomic E-state index is 13.9. The Balaban J connectivity index is 1.53. The highest BCUT2D eigenvalue weighted by Gasteiger charge is 2.37. The zero-order valence-corrected chi connectivity index (χ0v) is 29.8. The highest BCUT2D eigenvalue weighted by Crippen LogP contribution is 2.35. The fourth-order valence-corrected chi connectivity index (χ4v) is 7.04. The predicted molar refractivity (Wildman–Crippen MR) is 189 cm³/mol. The third-order valence-electron chi connectivity index (χ3n) is 8.05. The predicted octanol–water partition coefficient (Wildman–Crippen LogP) is 2.69. The molecule has 0 saturated heterocycles. The molecule has 1 aliphatic rings. The van der Waals surface area contributed by atoms with Gasteiger partial charge in [-0.1, -0.05) is 65.0 Å². The number of carbonyl (C=O) groups excluding carboxylic acids is 3. The molecule has 50 heavy (non-hydrogen) atoms. The van der Waals surface area contributed by atoms with Crippen LogP contribution < -0.4 is 31.2 Å². The van der Waals surface area contributed by atoms with Gasteiger partial charge in [0.2, 0.25) is 28.6 Å². The summed E-state index contributed by atoms with van der Waals surface area (Å²) in [5.74, 6) is -0.995. The van der Waals surface area contributed by atoms with E-state index in [-0.39, 0.29) is 43.7 Å². The van der Waals surface area contributed by atoms with Gasteiger partial charge in [0.05, 0.1) is 23.6 Å². The number of rotatable bonds is 15. The second-order valence-corrected chi connectivity index (χ2v) is 15.7. The number of nitrogens with zero attached hydrogens (tertiary/aromatic N) is 1. The van der Waals surface area contributed by atoms with Crippen molar-refractivity contribution in [2.45, 2.75) is 64.1 Å². The minimum atomic E-state index is -4.11. The van der Waals surface area contributed by atoms with Crippen LogP contribution in [0, 0.1) is 11.3 Å². The van der Waals surface area contributed by atoms with E-state index in [1.807, 2.05) is 44.2 Å². The average Bonchev–Trinajstić information content (AvgIpc) is 3.54. The van der Waals surface area contributed by atoms with Crippen molar-refractivity contribution in [3.05, 3.63) is 83.9 Å². The molecule has 3 unspecified atom stereocenters. The molecule has 0 bridgehead atoms. The first-order chi connectivity index (χ1) is 23.5. The first kappa shape index (κ1) is 38.1. The molecular formula is C36H47N5O8S. The molecule has 1 aliphatic heterocycles. The van der Waals surface area contributed by atoms with E-state index in [0.29, 0.717) is 22.7 Å². The van der Waals surface area contributed by atoms with Crippen molar-refractivity contribution in [1.29, 1.82) is 0 Å². The first-order valence-corrected chi connectivity index (χ1v) is 17.8. The van der Waals surface area contributed by atoms with E-state index in [2.05, 4.69) is 16.0 Å². The van der Waals surface area contributed by atoms with Crippen LogP contribution >= 0.6 is 0 Å². The molecular weight excluding hydrogens is 662 g/mol. The topological polar surface area (TPSA) is 189 Å². The molecule has 270 valence electrons. The summed E-state index contributed by atoms with van der Waals surface area (Å²) in [5.41, 5.74) is 6.52. The Bertz CT molecular complexity index is 1740. The quantitative estimate of drug-likeness (QED) is 0.148. The summed E-state index contributed by atoms with van der Waals surface area (Å²) in [4.78, 5) is 39.4. The monoisotopic (exact) mass is 709 g/mol. The minimum absolute atomic E-state index is 0.0115. The number of fused-ring (bicyclic) bond motifs is 1. The molecule has 0 radical (unpaired) electrons. The van der Waals surface area contributed by atoms with Gasteiger partial charge in [0, 0.05) is 30.4 Å². The first-order valence-electron chi connectivity index (χ1n) is 16.4. The van der Waals surface area contributed by atoms with Crippen molar-refractivity contribution in [3.63, 3.8) is 0 Å². The third kappa shape index (κ3) is 10.2. The van der Waals surface area contributed by atoms with Gasteiger partial charge in [0.1, 0.15) is 6.04 Å². The molecule has 3 amide bonds. The molecule has 1 heterocycles. The molecule has 6 N–H and O–H groups in total. The second kappa shape index (κ2) is 16.4. The SMILES string of the molecule is CC(C)CN(CC(O)C(Cc1ccccc1)NC(=O)C(NC(=O)CNC(=O)c1ccc(N)cc1)C(C)(C)C)S(=O)(=O)c1ccc2c(c1)OCO2. The number of amides is 3. The fraction of sp³-hybridized carbons (Fsp3) is 0.417. The summed E-state index contributed by atoms with van der Waals surface area (Å²) < 4.78 is 39.8. The molecule has 0 aromatic heterocycles. The molecule has 0 saturated carbocycles. The Hall–Kier alpha value is -4.66. The van der Waals surface area contributed by atoms with E-state index in [4.69, 9.17) is 15.2 Å². The molecule has 13 nitrogen and oxygen atoms in total. The van der Waals surface area contributed by atoms with Gasteiger partial charge in [-0.05, 0) is 59.7 Å². The lowest BCUT2D eigenvalue weighted by Gasteiger charge is -2.34. The van der Waals surface area contributed by atoms with Crippen LogP contribution in [0.15, 0.2) is 77.7 Å². The number of nitrogens with two attached hydrogens (primary N) is 1. The summed E-state index contributed by atoms with van der Waals surface area (Å²) >= 11 is 0. The number of nitrogen functional groups attached to an aromatic ring is 1. The Kier molecular flexibility index (Phi) is 12.5.